The van der Waals surface area contributed by atoms with E-state index in [0.29, 0.717) is 28.2 Å². The maximum Gasteiger partial charge on any atom is 0.227 e. The van der Waals surface area contributed by atoms with Crippen LogP contribution in [0.2, 0.25) is 0 Å². The molecular weight excluding hydrogens is 295 g/mol. The van der Waals surface area contributed by atoms with Crippen LogP contribution in [0.4, 0.5) is 10.1 Å². The second kappa shape index (κ2) is 6.00. The maximum absolute atomic E-state index is 13.0. The molecular formula is C17H9FN4O. The molecule has 23 heavy (non-hydrogen) atoms. The number of hydrogen-bond donors (Lipinski definition) is 1. The number of nitrogens with one attached hydrogen (secondary N) is 1. The van der Waals surface area contributed by atoms with Gasteiger partial charge in [-0.2, -0.15) is 10.5 Å². The number of benzene rings is 2. The van der Waals surface area contributed by atoms with Gasteiger partial charge < -0.3 is 9.73 Å². The molecule has 0 aliphatic rings. The molecule has 1 N–H and O–H groups in total. The van der Waals surface area contributed by atoms with Gasteiger partial charge in [-0.3, -0.25) is 0 Å². The van der Waals surface area contributed by atoms with Gasteiger partial charge in [-0.15, -0.1) is 0 Å². The lowest BCUT2D eigenvalue weighted by molar-refractivity contribution is 0.616. The number of rotatable bonds is 3. The average Bonchev–Trinajstić information content (AvgIpc) is 2.99. The van der Waals surface area contributed by atoms with E-state index in [1.54, 1.807) is 42.5 Å². The third-order valence-electron chi connectivity index (χ3n) is 3.10. The molecule has 0 amide bonds. The Bertz CT molecular complexity index is 958. The first-order valence-corrected chi connectivity index (χ1v) is 6.63. The van der Waals surface area contributed by atoms with Crippen molar-refractivity contribution in [2.24, 2.45) is 0 Å². The van der Waals surface area contributed by atoms with Gasteiger partial charge in [0, 0.05) is 17.5 Å². The largest absolute Gasteiger partial charge is 0.436 e. The molecule has 1 aromatic heterocycles. The molecule has 6 heteroatoms. The van der Waals surface area contributed by atoms with E-state index in [2.05, 4.69) is 10.3 Å². The van der Waals surface area contributed by atoms with Crippen molar-refractivity contribution in [2.75, 3.05) is 5.32 Å². The van der Waals surface area contributed by atoms with E-state index >= 15 is 0 Å². The van der Waals surface area contributed by atoms with Crippen LogP contribution in [0.15, 0.2) is 58.7 Å². The smallest absolute Gasteiger partial charge is 0.227 e. The Balaban J connectivity index is 1.92. The fraction of sp³-hybridized carbons (Fsp3) is 0. The Labute approximate surface area is 130 Å². The van der Waals surface area contributed by atoms with Crippen molar-refractivity contribution in [1.29, 1.82) is 10.5 Å². The predicted molar refractivity (Wildman–Crippen MR) is 82.3 cm³/mol. The van der Waals surface area contributed by atoms with Crippen molar-refractivity contribution in [2.45, 2.75) is 0 Å². The first-order chi connectivity index (χ1) is 11.2. The SMILES string of the molecule is N#CC(C#N)=CNc1ccc2oc(-c3ccc(F)cc3)nc2c1. The minimum atomic E-state index is -0.325. The van der Waals surface area contributed by atoms with E-state index < -0.39 is 0 Å². The Morgan fingerprint density at radius 1 is 1.13 bits per heavy atom. The van der Waals surface area contributed by atoms with Crippen LogP contribution in [-0.4, -0.2) is 4.98 Å². The lowest BCUT2D eigenvalue weighted by atomic mass is 10.2. The molecule has 3 aromatic rings. The third-order valence-corrected chi connectivity index (χ3v) is 3.10. The van der Waals surface area contributed by atoms with Gasteiger partial charge in [-0.1, -0.05) is 0 Å². The zero-order chi connectivity index (χ0) is 16.2. The van der Waals surface area contributed by atoms with E-state index in [4.69, 9.17) is 14.9 Å². The molecule has 1 heterocycles. The van der Waals surface area contributed by atoms with E-state index in [0.717, 1.165) is 0 Å². The highest BCUT2D eigenvalue weighted by atomic mass is 19.1. The number of nitriles is 2. The molecule has 5 nitrogen and oxygen atoms in total. The molecule has 0 saturated heterocycles. The van der Waals surface area contributed by atoms with Crippen LogP contribution in [0.25, 0.3) is 22.6 Å². The van der Waals surface area contributed by atoms with Gasteiger partial charge in [0.15, 0.2) is 5.58 Å². The number of nitrogens with zero attached hydrogens (tertiary/aromatic N) is 3. The standard InChI is InChI=1S/C17H9FN4O/c18-13-3-1-12(2-4-13)17-22-15-7-14(5-6-16(15)23-17)21-10-11(8-19)9-20/h1-7,10,21H. The van der Waals surface area contributed by atoms with Gasteiger partial charge in [0.25, 0.3) is 0 Å². The van der Waals surface area contributed by atoms with E-state index in [1.807, 2.05) is 0 Å². The van der Waals surface area contributed by atoms with Gasteiger partial charge in [-0.05, 0) is 42.5 Å². The summed E-state index contributed by atoms with van der Waals surface area (Å²) in [6, 6.07) is 14.6. The quantitative estimate of drug-likeness (QED) is 0.740. The van der Waals surface area contributed by atoms with Gasteiger partial charge >= 0.3 is 0 Å². The summed E-state index contributed by atoms with van der Waals surface area (Å²) in [5, 5.41) is 20.2. The van der Waals surface area contributed by atoms with Gasteiger partial charge in [-0.25, -0.2) is 9.37 Å². The van der Waals surface area contributed by atoms with Gasteiger partial charge in [0.05, 0.1) is 0 Å². The highest BCUT2D eigenvalue weighted by Gasteiger charge is 2.08. The lowest BCUT2D eigenvalue weighted by Crippen LogP contribution is -1.89. The molecule has 0 bridgehead atoms. The molecule has 2 aromatic carbocycles. The normalized spacial score (nSPS) is 9.87. The Morgan fingerprint density at radius 2 is 1.87 bits per heavy atom. The summed E-state index contributed by atoms with van der Waals surface area (Å²) in [7, 11) is 0. The van der Waals surface area contributed by atoms with Crippen molar-refractivity contribution >= 4 is 16.8 Å². The minimum absolute atomic E-state index is 0.0303. The topological polar surface area (TPSA) is 85.6 Å². The van der Waals surface area contributed by atoms with Crippen molar-refractivity contribution in [3.05, 3.63) is 60.1 Å². The van der Waals surface area contributed by atoms with Crippen molar-refractivity contribution in [1.82, 2.24) is 4.98 Å². The number of allylic oxidation sites excluding steroid dienone is 1. The summed E-state index contributed by atoms with van der Waals surface area (Å²) in [6.07, 6.45) is 1.32. The Morgan fingerprint density at radius 3 is 2.57 bits per heavy atom. The number of fused-ring (bicyclic) bond motifs is 1. The summed E-state index contributed by atoms with van der Waals surface area (Å²) >= 11 is 0. The maximum atomic E-state index is 13.0. The number of oxazole rings is 1. The molecule has 0 fully saturated rings. The summed E-state index contributed by atoms with van der Waals surface area (Å²) in [5.74, 6) is 0.0661. The van der Waals surface area contributed by atoms with Crippen LogP contribution in [0.3, 0.4) is 0 Å². The van der Waals surface area contributed by atoms with Crippen molar-refractivity contribution < 1.29 is 8.81 Å². The molecule has 3 rings (SSSR count). The highest BCUT2D eigenvalue weighted by Crippen LogP contribution is 2.26. The summed E-state index contributed by atoms with van der Waals surface area (Å²) in [6.45, 7) is 0. The molecule has 110 valence electrons. The Kier molecular flexibility index (Phi) is 3.73. The Hall–Kier alpha value is -3.64. The zero-order valence-corrected chi connectivity index (χ0v) is 11.7. The summed E-state index contributed by atoms with van der Waals surface area (Å²) in [5.41, 5.74) is 2.50. The fourth-order valence-corrected chi connectivity index (χ4v) is 1.98. The van der Waals surface area contributed by atoms with E-state index in [1.165, 1.54) is 18.3 Å². The first-order valence-electron chi connectivity index (χ1n) is 6.63. The molecule has 0 atom stereocenters. The molecule has 0 saturated carbocycles. The highest BCUT2D eigenvalue weighted by molar-refractivity contribution is 5.80. The number of anilines is 1. The predicted octanol–water partition coefficient (Wildman–Crippen LogP) is 3.98. The van der Waals surface area contributed by atoms with Crippen LogP contribution < -0.4 is 5.32 Å². The van der Waals surface area contributed by atoms with E-state index in [-0.39, 0.29) is 11.4 Å². The molecule has 0 aliphatic carbocycles. The third kappa shape index (κ3) is 3.02. The molecule has 0 unspecified atom stereocenters. The van der Waals surface area contributed by atoms with E-state index in [9.17, 15) is 4.39 Å². The van der Waals surface area contributed by atoms with Crippen LogP contribution in [0.5, 0.6) is 0 Å². The first kappa shape index (κ1) is 14.3. The van der Waals surface area contributed by atoms with Crippen molar-refractivity contribution in [3.63, 3.8) is 0 Å². The number of halogens is 1. The molecule has 0 radical (unpaired) electrons. The fourth-order valence-electron chi connectivity index (χ4n) is 1.98. The van der Waals surface area contributed by atoms with Crippen LogP contribution in [-0.2, 0) is 0 Å². The molecule has 0 spiro atoms. The monoisotopic (exact) mass is 304 g/mol. The van der Waals surface area contributed by atoms with Gasteiger partial charge in [0.1, 0.15) is 29.0 Å². The van der Waals surface area contributed by atoms with Crippen LogP contribution in [0.1, 0.15) is 0 Å². The number of aromatic nitrogens is 1. The lowest BCUT2D eigenvalue weighted by Gasteiger charge is -1.98. The van der Waals surface area contributed by atoms with Gasteiger partial charge in [0.2, 0.25) is 5.89 Å². The van der Waals surface area contributed by atoms with Crippen LogP contribution >= 0.6 is 0 Å². The zero-order valence-electron chi connectivity index (χ0n) is 11.7. The summed E-state index contributed by atoms with van der Waals surface area (Å²) < 4.78 is 18.6. The van der Waals surface area contributed by atoms with Crippen molar-refractivity contribution in [3.8, 4) is 23.6 Å². The second-order valence-corrected chi connectivity index (χ2v) is 4.63. The molecule has 0 aliphatic heterocycles. The minimum Gasteiger partial charge on any atom is -0.436 e. The van der Waals surface area contributed by atoms with Crippen LogP contribution in [0, 0.1) is 28.5 Å². The second-order valence-electron chi connectivity index (χ2n) is 4.63. The number of hydrogen-bond acceptors (Lipinski definition) is 5. The summed E-state index contributed by atoms with van der Waals surface area (Å²) in [4.78, 5) is 4.36. The average molecular weight is 304 g/mol.